The lowest BCUT2D eigenvalue weighted by molar-refractivity contribution is -0.121. The molecule has 0 unspecified atom stereocenters. The Kier molecular flexibility index (Phi) is 6.52. The van der Waals surface area contributed by atoms with Gasteiger partial charge in [-0.15, -0.1) is 0 Å². The summed E-state index contributed by atoms with van der Waals surface area (Å²) in [7, 11) is 0. The van der Waals surface area contributed by atoms with Gasteiger partial charge in [0.05, 0.1) is 16.3 Å². The van der Waals surface area contributed by atoms with E-state index >= 15 is 0 Å². The van der Waals surface area contributed by atoms with Crippen molar-refractivity contribution in [1.82, 2.24) is 15.1 Å². The molecule has 1 fully saturated rings. The molecule has 1 aliphatic rings. The quantitative estimate of drug-likeness (QED) is 0.654. The highest BCUT2D eigenvalue weighted by Crippen LogP contribution is 2.45. The van der Waals surface area contributed by atoms with Crippen molar-refractivity contribution in [2.75, 3.05) is 13.2 Å². The van der Waals surface area contributed by atoms with Crippen molar-refractivity contribution in [2.45, 2.75) is 58.1 Å². The first-order chi connectivity index (χ1) is 10.9. The summed E-state index contributed by atoms with van der Waals surface area (Å²) in [6.07, 6.45) is 0.118. The summed E-state index contributed by atoms with van der Waals surface area (Å²) in [6, 6.07) is 0. The van der Waals surface area contributed by atoms with Crippen LogP contribution in [0.1, 0.15) is 56.8 Å². The second-order valence-corrected chi connectivity index (χ2v) is 6.73. The molecule has 1 aromatic heterocycles. The zero-order valence-corrected chi connectivity index (χ0v) is 14.9. The number of nitrogens with zero attached hydrogens (tertiary/aromatic N) is 2. The number of hydrogen-bond donors (Lipinski definition) is 1. The van der Waals surface area contributed by atoms with Crippen molar-refractivity contribution in [3.63, 3.8) is 0 Å². The molecule has 23 heavy (non-hydrogen) atoms. The molecule has 1 amide bonds. The van der Waals surface area contributed by atoms with E-state index in [1.165, 1.54) is 4.68 Å². The van der Waals surface area contributed by atoms with Crippen molar-refractivity contribution in [3.8, 4) is 0 Å². The number of aromatic nitrogens is 2. The number of ether oxygens (including phenoxy) is 1. The van der Waals surface area contributed by atoms with E-state index in [0.717, 1.165) is 12.8 Å². The maximum Gasteiger partial charge on any atom is 0.283 e. The fraction of sp³-hybridized carbons (Fsp3) is 0.733. The molecular weight excluding hydrogens is 372 g/mol. The van der Waals surface area contributed by atoms with Gasteiger partial charge in [0.1, 0.15) is 12.2 Å². The fourth-order valence-corrected chi connectivity index (χ4v) is 3.07. The molecule has 0 spiro atoms. The Hall–Kier alpha value is -1.02. The SMILES string of the molecule is CC(C)OCCCNC(=O)Cn1nc(C(F)F)c(Br)c1C1CC1. The largest absolute Gasteiger partial charge is 0.379 e. The lowest BCUT2D eigenvalue weighted by Gasteiger charge is -2.09. The molecule has 0 saturated heterocycles. The summed E-state index contributed by atoms with van der Waals surface area (Å²) >= 11 is 3.21. The summed E-state index contributed by atoms with van der Waals surface area (Å²) in [5, 5.41) is 6.68. The van der Waals surface area contributed by atoms with E-state index in [4.69, 9.17) is 4.74 Å². The summed E-state index contributed by atoms with van der Waals surface area (Å²) in [5.41, 5.74) is 0.420. The number of hydrogen-bond acceptors (Lipinski definition) is 3. The first kappa shape index (κ1) is 18.3. The maximum absolute atomic E-state index is 13.0. The van der Waals surface area contributed by atoms with Crippen LogP contribution in [0.15, 0.2) is 4.47 Å². The molecule has 1 N–H and O–H groups in total. The second-order valence-electron chi connectivity index (χ2n) is 5.94. The molecule has 2 rings (SSSR count). The Morgan fingerprint density at radius 2 is 2.17 bits per heavy atom. The van der Waals surface area contributed by atoms with Gasteiger partial charge in [0, 0.05) is 19.1 Å². The van der Waals surface area contributed by atoms with Gasteiger partial charge in [-0.3, -0.25) is 9.48 Å². The summed E-state index contributed by atoms with van der Waals surface area (Å²) < 4.78 is 33.1. The first-order valence-electron chi connectivity index (χ1n) is 7.82. The molecule has 1 aromatic rings. The number of amides is 1. The Morgan fingerprint density at radius 3 is 2.74 bits per heavy atom. The smallest absolute Gasteiger partial charge is 0.283 e. The van der Waals surface area contributed by atoms with Gasteiger partial charge < -0.3 is 10.1 Å². The number of carbonyl (C=O) groups excluding carboxylic acids is 1. The highest BCUT2D eigenvalue weighted by Gasteiger charge is 2.34. The van der Waals surface area contributed by atoms with Gasteiger partial charge in [0.2, 0.25) is 5.91 Å². The topological polar surface area (TPSA) is 56.1 Å². The summed E-state index contributed by atoms with van der Waals surface area (Å²) in [5.74, 6) is -0.0103. The van der Waals surface area contributed by atoms with Crippen LogP contribution in [0.2, 0.25) is 0 Å². The highest BCUT2D eigenvalue weighted by molar-refractivity contribution is 9.10. The Balaban J connectivity index is 1.89. The van der Waals surface area contributed by atoms with Crippen LogP contribution in [0.3, 0.4) is 0 Å². The van der Waals surface area contributed by atoms with Gasteiger partial charge in [-0.2, -0.15) is 5.10 Å². The van der Waals surface area contributed by atoms with Crippen LogP contribution >= 0.6 is 15.9 Å². The standard InChI is InChI=1S/C15H22BrF2N3O2/c1-9(2)23-7-3-6-19-11(22)8-21-14(10-4-5-10)12(16)13(20-21)15(17)18/h9-10,15H,3-8H2,1-2H3,(H,19,22). The lowest BCUT2D eigenvalue weighted by atomic mass is 10.2. The molecule has 0 aliphatic heterocycles. The third-order valence-electron chi connectivity index (χ3n) is 3.51. The van der Waals surface area contributed by atoms with E-state index in [9.17, 15) is 13.6 Å². The van der Waals surface area contributed by atoms with Crippen LogP contribution in [-0.4, -0.2) is 34.9 Å². The van der Waals surface area contributed by atoms with Gasteiger partial charge in [0.15, 0.2) is 0 Å². The zero-order chi connectivity index (χ0) is 17.0. The van der Waals surface area contributed by atoms with E-state index in [-0.39, 0.29) is 30.2 Å². The molecule has 0 atom stereocenters. The molecule has 5 nitrogen and oxygen atoms in total. The Morgan fingerprint density at radius 1 is 1.48 bits per heavy atom. The van der Waals surface area contributed by atoms with Crippen LogP contribution in [-0.2, 0) is 16.1 Å². The molecule has 1 heterocycles. The van der Waals surface area contributed by atoms with Crippen LogP contribution in [0.5, 0.6) is 0 Å². The van der Waals surface area contributed by atoms with Crippen molar-refractivity contribution >= 4 is 21.8 Å². The third-order valence-corrected chi connectivity index (χ3v) is 4.33. The minimum absolute atomic E-state index is 0.0395. The molecule has 0 aromatic carbocycles. The van der Waals surface area contributed by atoms with Crippen LogP contribution in [0.25, 0.3) is 0 Å². The van der Waals surface area contributed by atoms with Gasteiger partial charge in [-0.05, 0) is 49.0 Å². The van der Waals surface area contributed by atoms with E-state index in [1.807, 2.05) is 13.8 Å². The van der Waals surface area contributed by atoms with Crippen molar-refractivity contribution in [3.05, 3.63) is 15.9 Å². The molecule has 0 radical (unpaired) electrons. The van der Waals surface area contributed by atoms with Crippen molar-refractivity contribution < 1.29 is 18.3 Å². The molecule has 8 heteroatoms. The number of carbonyl (C=O) groups is 1. The minimum Gasteiger partial charge on any atom is -0.379 e. The fourth-order valence-electron chi connectivity index (χ4n) is 2.29. The zero-order valence-electron chi connectivity index (χ0n) is 13.3. The van der Waals surface area contributed by atoms with E-state index in [2.05, 4.69) is 26.3 Å². The average molecular weight is 394 g/mol. The normalized spacial score (nSPS) is 14.7. The predicted octanol–water partition coefficient (Wildman–Crippen LogP) is 3.39. The highest BCUT2D eigenvalue weighted by atomic mass is 79.9. The van der Waals surface area contributed by atoms with Crippen molar-refractivity contribution in [1.29, 1.82) is 0 Å². The van der Waals surface area contributed by atoms with Gasteiger partial charge in [-0.25, -0.2) is 8.78 Å². The van der Waals surface area contributed by atoms with Gasteiger partial charge in [-0.1, -0.05) is 0 Å². The Bertz CT molecular complexity index is 545. The minimum atomic E-state index is -2.65. The molecular formula is C15H22BrF2N3O2. The number of nitrogens with one attached hydrogen (secondary N) is 1. The van der Waals surface area contributed by atoms with Crippen LogP contribution in [0.4, 0.5) is 8.78 Å². The average Bonchev–Trinajstić information content (AvgIpc) is 3.23. The third kappa shape index (κ3) is 5.24. The number of halogens is 3. The van der Waals surface area contributed by atoms with Gasteiger partial charge in [0.25, 0.3) is 6.43 Å². The number of alkyl halides is 2. The van der Waals surface area contributed by atoms with Crippen molar-refractivity contribution in [2.24, 2.45) is 0 Å². The summed E-state index contributed by atoms with van der Waals surface area (Å²) in [6.45, 7) is 4.94. The summed E-state index contributed by atoms with van der Waals surface area (Å²) in [4.78, 5) is 12.0. The number of rotatable bonds is 9. The van der Waals surface area contributed by atoms with E-state index in [1.54, 1.807) is 0 Å². The molecule has 130 valence electrons. The second kappa shape index (κ2) is 8.19. The van der Waals surface area contributed by atoms with Crippen LogP contribution < -0.4 is 5.32 Å². The first-order valence-corrected chi connectivity index (χ1v) is 8.62. The van der Waals surface area contributed by atoms with E-state index < -0.39 is 6.43 Å². The monoisotopic (exact) mass is 393 g/mol. The lowest BCUT2D eigenvalue weighted by Crippen LogP contribution is -2.30. The maximum atomic E-state index is 13.0. The molecule has 1 saturated carbocycles. The van der Waals surface area contributed by atoms with E-state index in [0.29, 0.717) is 29.7 Å². The molecule has 1 aliphatic carbocycles. The van der Waals surface area contributed by atoms with Crippen LogP contribution in [0, 0.1) is 0 Å². The predicted molar refractivity (Wildman–Crippen MR) is 85.6 cm³/mol. The van der Waals surface area contributed by atoms with Gasteiger partial charge >= 0.3 is 0 Å². The Labute approximate surface area is 142 Å². The molecule has 0 bridgehead atoms.